The molecule has 4 aromatic rings. The second-order valence-corrected chi connectivity index (χ2v) is 5.49. The van der Waals surface area contributed by atoms with E-state index in [4.69, 9.17) is 0 Å². The summed E-state index contributed by atoms with van der Waals surface area (Å²) in [5, 5.41) is 1.67. The number of fused-ring (bicyclic) bond motifs is 2. The quantitative estimate of drug-likeness (QED) is 0.533. The van der Waals surface area contributed by atoms with Crippen molar-refractivity contribution < 1.29 is 0 Å². The van der Waals surface area contributed by atoms with Gasteiger partial charge >= 0.3 is 0 Å². The Morgan fingerprint density at radius 3 is 2.55 bits per heavy atom. The molecule has 0 atom stereocenters. The molecule has 96 valence electrons. The van der Waals surface area contributed by atoms with Crippen LogP contribution in [-0.2, 0) is 0 Å². The third-order valence-electron chi connectivity index (χ3n) is 3.27. The van der Waals surface area contributed by atoms with Crippen molar-refractivity contribution in [1.82, 2.24) is 8.94 Å². The maximum atomic E-state index is 12.5. The lowest BCUT2D eigenvalue weighted by Crippen LogP contribution is -2.10. The predicted molar refractivity (Wildman–Crippen MR) is 82.7 cm³/mol. The Balaban J connectivity index is 2.08. The Morgan fingerprint density at radius 2 is 1.70 bits per heavy atom. The summed E-state index contributed by atoms with van der Waals surface area (Å²) in [4.78, 5) is 17.9. The normalized spacial score (nSPS) is 11.2. The molecule has 20 heavy (non-hydrogen) atoms. The van der Waals surface area contributed by atoms with E-state index in [0.29, 0.717) is 5.39 Å². The van der Waals surface area contributed by atoms with Crippen LogP contribution in [0.3, 0.4) is 0 Å². The maximum absolute atomic E-state index is 12.5. The zero-order valence-electron chi connectivity index (χ0n) is 10.5. The Labute approximate surface area is 118 Å². The monoisotopic (exact) mass is 278 g/mol. The molecule has 0 unspecified atom stereocenters. The minimum absolute atomic E-state index is 0.00514. The highest BCUT2D eigenvalue weighted by Gasteiger charge is 2.11. The largest absolute Gasteiger partial charge is 0.274 e. The van der Waals surface area contributed by atoms with Crippen molar-refractivity contribution in [3.8, 4) is 5.69 Å². The molecule has 0 aliphatic carbocycles. The van der Waals surface area contributed by atoms with Crippen LogP contribution in [0.5, 0.6) is 0 Å². The van der Waals surface area contributed by atoms with Crippen molar-refractivity contribution in [1.29, 1.82) is 0 Å². The van der Waals surface area contributed by atoms with Gasteiger partial charge in [-0.05, 0) is 35.8 Å². The molecule has 4 rings (SSSR count). The Hall–Kier alpha value is -2.46. The molecule has 0 spiro atoms. The van der Waals surface area contributed by atoms with E-state index in [1.807, 2.05) is 60.7 Å². The zero-order valence-corrected chi connectivity index (χ0v) is 11.3. The molecular formula is C16H10N2OS. The van der Waals surface area contributed by atoms with E-state index in [1.165, 1.54) is 11.5 Å². The van der Waals surface area contributed by atoms with Crippen molar-refractivity contribution >= 4 is 32.7 Å². The highest BCUT2D eigenvalue weighted by Crippen LogP contribution is 2.22. The molecule has 0 aliphatic rings. The van der Waals surface area contributed by atoms with Crippen LogP contribution in [0.2, 0.25) is 0 Å². The summed E-state index contributed by atoms with van der Waals surface area (Å²) < 4.78 is 1.69. The highest BCUT2D eigenvalue weighted by atomic mass is 32.1. The van der Waals surface area contributed by atoms with Crippen molar-refractivity contribution in [2.75, 3.05) is 0 Å². The van der Waals surface area contributed by atoms with Gasteiger partial charge in [-0.1, -0.05) is 36.4 Å². The lowest BCUT2D eigenvalue weighted by atomic mass is 10.2. The van der Waals surface area contributed by atoms with Crippen molar-refractivity contribution in [3.05, 3.63) is 71.0 Å². The third-order valence-corrected chi connectivity index (χ3v) is 4.32. The minimum Gasteiger partial charge on any atom is -0.267 e. The van der Waals surface area contributed by atoms with Gasteiger partial charge in [-0.3, -0.25) is 4.79 Å². The molecular weight excluding hydrogens is 268 g/mol. The molecule has 0 fully saturated rings. The summed E-state index contributed by atoms with van der Waals surface area (Å²) >= 11 is 1.38. The molecule has 0 N–H and O–H groups in total. The van der Waals surface area contributed by atoms with Gasteiger partial charge in [0.05, 0.1) is 16.6 Å². The average molecular weight is 278 g/mol. The predicted octanol–water partition coefficient (Wildman–Crippen LogP) is 3.60. The minimum atomic E-state index is -0.00514. The van der Waals surface area contributed by atoms with Crippen LogP contribution in [-0.4, -0.2) is 8.94 Å². The van der Waals surface area contributed by atoms with Gasteiger partial charge in [0, 0.05) is 5.39 Å². The van der Waals surface area contributed by atoms with Gasteiger partial charge in [-0.2, -0.15) is 0 Å². The first-order valence-corrected chi connectivity index (χ1v) is 7.07. The number of hydrogen-bond acceptors (Lipinski definition) is 3. The number of nitrogens with zero attached hydrogens (tertiary/aromatic N) is 2. The Bertz CT molecular complexity index is 970. The van der Waals surface area contributed by atoms with Gasteiger partial charge in [0.25, 0.3) is 5.56 Å². The molecule has 0 saturated carbocycles. The second kappa shape index (κ2) is 4.28. The van der Waals surface area contributed by atoms with Crippen LogP contribution < -0.4 is 5.56 Å². The summed E-state index contributed by atoms with van der Waals surface area (Å²) in [5.74, 6) is 0. The van der Waals surface area contributed by atoms with E-state index < -0.39 is 0 Å². The molecule has 4 heteroatoms. The van der Waals surface area contributed by atoms with Gasteiger partial charge < -0.3 is 0 Å². The van der Waals surface area contributed by atoms with Crippen molar-refractivity contribution in [3.63, 3.8) is 0 Å². The van der Waals surface area contributed by atoms with E-state index in [-0.39, 0.29) is 5.56 Å². The molecule has 0 aliphatic heterocycles. The van der Waals surface area contributed by atoms with E-state index in [9.17, 15) is 4.79 Å². The first-order chi connectivity index (χ1) is 9.83. The van der Waals surface area contributed by atoms with E-state index >= 15 is 0 Å². The lowest BCUT2D eigenvalue weighted by Gasteiger charge is -1.97. The fourth-order valence-corrected chi connectivity index (χ4v) is 3.26. The second-order valence-electron chi connectivity index (χ2n) is 4.56. The molecule has 2 aromatic heterocycles. The average Bonchev–Trinajstić information content (AvgIpc) is 2.83. The number of pyridine rings is 1. The zero-order chi connectivity index (χ0) is 13.5. The fraction of sp³-hybridized carbons (Fsp3) is 0. The molecule has 2 heterocycles. The van der Waals surface area contributed by atoms with E-state index in [1.54, 1.807) is 3.96 Å². The van der Waals surface area contributed by atoms with Crippen molar-refractivity contribution in [2.45, 2.75) is 0 Å². The van der Waals surface area contributed by atoms with Crippen LogP contribution in [0.1, 0.15) is 0 Å². The molecule has 0 bridgehead atoms. The fourth-order valence-electron chi connectivity index (χ4n) is 2.29. The molecule has 0 amide bonds. The first-order valence-electron chi connectivity index (χ1n) is 6.30. The van der Waals surface area contributed by atoms with Crippen LogP contribution >= 0.6 is 11.5 Å². The van der Waals surface area contributed by atoms with Gasteiger partial charge in [0.1, 0.15) is 4.83 Å². The highest BCUT2D eigenvalue weighted by molar-refractivity contribution is 7.13. The number of rotatable bonds is 1. The Morgan fingerprint density at radius 1 is 0.950 bits per heavy atom. The van der Waals surface area contributed by atoms with E-state index in [2.05, 4.69) is 4.98 Å². The third kappa shape index (κ3) is 1.66. The van der Waals surface area contributed by atoms with Crippen LogP contribution in [0.4, 0.5) is 0 Å². The smallest absolute Gasteiger partial charge is 0.267 e. The van der Waals surface area contributed by atoms with Crippen LogP contribution in [0, 0.1) is 0 Å². The summed E-state index contributed by atoms with van der Waals surface area (Å²) in [6.45, 7) is 0. The number of aromatic nitrogens is 2. The molecule has 2 aromatic carbocycles. The number of para-hydroxylation sites is 2. The van der Waals surface area contributed by atoms with Crippen molar-refractivity contribution in [2.24, 2.45) is 0 Å². The first kappa shape index (κ1) is 11.4. The van der Waals surface area contributed by atoms with Crippen LogP contribution in [0.25, 0.3) is 26.8 Å². The maximum Gasteiger partial charge on any atom is 0.274 e. The molecule has 0 radical (unpaired) electrons. The number of hydrogen-bond donors (Lipinski definition) is 0. The van der Waals surface area contributed by atoms with Gasteiger partial charge in [-0.25, -0.2) is 8.94 Å². The molecule has 3 nitrogen and oxygen atoms in total. The summed E-state index contributed by atoms with van der Waals surface area (Å²) in [6.07, 6.45) is 0. The SMILES string of the molecule is O=c1c2cc3ccccc3nc2sn1-c1ccccc1. The lowest BCUT2D eigenvalue weighted by molar-refractivity contribution is 1.14. The molecule has 0 saturated heterocycles. The summed E-state index contributed by atoms with van der Waals surface area (Å²) in [6, 6.07) is 19.4. The van der Waals surface area contributed by atoms with Gasteiger partial charge in [-0.15, -0.1) is 0 Å². The summed E-state index contributed by atoms with van der Waals surface area (Å²) in [7, 11) is 0. The topological polar surface area (TPSA) is 34.9 Å². The van der Waals surface area contributed by atoms with Crippen LogP contribution in [0.15, 0.2) is 65.5 Å². The van der Waals surface area contributed by atoms with Gasteiger partial charge in [0.15, 0.2) is 0 Å². The standard InChI is InChI=1S/C16H10N2OS/c19-16-13-10-11-6-4-5-9-14(11)17-15(13)20-18(16)12-7-2-1-3-8-12/h1-10H. The van der Waals surface area contributed by atoms with E-state index in [0.717, 1.165) is 21.4 Å². The Kier molecular flexibility index (Phi) is 2.44. The number of benzene rings is 2. The summed E-state index contributed by atoms with van der Waals surface area (Å²) in [5.41, 5.74) is 1.79. The van der Waals surface area contributed by atoms with Gasteiger partial charge in [0.2, 0.25) is 0 Å².